The molecule has 142 valence electrons. The van der Waals surface area contributed by atoms with Crippen molar-refractivity contribution in [2.75, 3.05) is 6.26 Å². The normalized spacial score (nSPS) is 50.0. The van der Waals surface area contributed by atoms with Crippen LogP contribution < -0.4 is 0 Å². The first kappa shape index (κ1) is 18.0. The Morgan fingerprint density at radius 3 is 2.48 bits per heavy atom. The standard InChI is InChI=1S/C20H32O4S/c1-19-10-8-14(24-25(3,22)23)12-13(19)4-5-15-16-6-7-18(21)20(16,2)11-9-17(15)19/h13-17H,4-12H2,1-3H3/t13-,14-,15-,16-,17-,19-,20-/m0/s1. The minimum Gasteiger partial charge on any atom is -0.299 e. The number of carbonyl (C=O) groups excluding carboxylic acids is 1. The molecular formula is C20H32O4S. The zero-order valence-electron chi connectivity index (χ0n) is 15.8. The molecule has 0 N–H and O–H groups in total. The van der Waals surface area contributed by atoms with E-state index in [1.54, 1.807) is 0 Å². The van der Waals surface area contributed by atoms with Gasteiger partial charge in [-0.05, 0) is 80.5 Å². The molecule has 0 saturated heterocycles. The second-order valence-electron chi connectivity index (χ2n) is 9.77. The molecule has 0 radical (unpaired) electrons. The predicted molar refractivity (Wildman–Crippen MR) is 96.5 cm³/mol. The Morgan fingerprint density at radius 1 is 1.00 bits per heavy atom. The van der Waals surface area contributed by atoms with Crippen LogP contribution >= 0.6 is 0 Å². The van der Waals surface area contributed by atoms with E-state index in [-0.39, 0.29) is 11.5 Å². The van der Waals surface area contributed by atoms with Crippen LogP contribution in [0.1, 0.15) is 71.6 Å². The van der Waals surface area contributed by atoms with Crippen LogP contribution in [-0.2, 0) is 19.1 Å². The Balaban J connectivity index is 1.54. The van der Waals surface area contributed by atoms with E-state index in [4.69, 9.17) is 4.18 Å². The van der Waals surface area contributed by atoms with E-state index in [0.29, 0.717) is 34.9 Å². The Hall–Kier alpha value is -0.420. The third-order valence-electron chi connectivity index (χ3n) is 8.64. The number of fused-ring (bicyclic) bond motifs is 5. The van der Waals surface area contributed by atoms with E-state index in [9.17, 15) is 13.2 Å². The number of Topliss-reactive ketones (excluding diaryl/α,β-unsaturated/α-hetero) is 1. The van der Waals surface area contributed by atoms with Crippen LogP contribution in [0, 0.1) is 34.5 Å². The van der Waals surface area contributed by atoms with Crippen molar-refractivity contribution in [2.45, 2.75) is 77.7 Å². The molecular weight excluding hydrogens is 336 g/mol. The number of rotatable bonds is 2. The highest BCUT2D eigenvalue weighted by Crippen LogP contribution is 2.65. The van der Waals surface area contributed by atoms with Gasteiger partial charge >= 0.3 is 0 Å². The van der Waals surface area contributed by atoms with Gasteiger partial charge in [-0.2, -0.15) is 8.42 Å². The lowest BCUT2D eigenvalue weighted by atomic mass is 9.45. The Bertz CT molecular complexity index is 671. The summed E-state index contributed by atoms with van der Waals surface area (Å²) in [4.78, 5) is 12.5. The lowest BCUT2D eigenvalue weighted by Gasteiger charge is -2.60. The SMILES string of the molecule is C[C@]12CC[C@H](OS(C)(=O)=O)C[C@@H]1CC[C@@H]1[C@@H]2CC[C@]2(C)C(=O)CC[C@@H]12. The molecule has 0 aliphatic heterocycles. The average Bonchev–Trinajstić information content (AvgIpc) is 2.82. The fourth-order valence-electron chi connectivity index (χ4n) is 7.32. The number of hydrogen-bond acceptors (Lipinski definition) is 4. The smallest absolute Gasteiger partial charge is 0.264 e. The highest BCUT2D eigenvalue weighted by molar-refractivity contribution is 7.86. The minimum absolute atomic E-state index is 0.0546. The highest BCUT2D eigenvalue weighted by Gasteiger charge is 2.60. The summed E-state index contributed by atoms with van der Waals surface area (Å²) in [6.07, 6.45) is 10.3. The largest absolute Gasteiger partial charge is 0.299 e. The van der Waals surface area contributed by atoms with Crippen molar-refractivity contribution in [2.24, 2.45) is 34.5 Å². The van der Waals surface area contributed by atoms with Gasteiger partial charge in [-0.3, -0.25) is 8.98 Å². The molecule has 25 heavy (non-hydrogen) atoms. The van der Waals surface area contributed by atoms with Crippen molar-refractivity contribution >= 4 is 15.9 Å². The van der Waals surface area contributed by atoms with Crippen molar-refractivity contribution < 1.29 is 17.4 Å². The second-order valence-corrected chi connectivity index (χ2v) is 11.4. The van der Waals surface area contributed by atoms with Gasteiger partial charge < -0.3 is 0 Å². The summed E-state index contributed by atoms with van der Waals surface area (Å²) in [5, 5.41) is 0. The molecule has 4 saturated carbocycles. The Morgan fingerprint density at radius 2 is 1.76 bits per heavy atom. The molecule has 0 aromatic rings. The van der Waals surface area contributed by atoms with E-state index in [1.807, 2.05) is 0 Å². The first-order chi connectivity index (χ1) is 11.6. The quantitative estimate of drug-likeness (QED) is 0.693. The maximum absolute atomic E-state index is 12.5. The van der Waals surface area contributed by atoms with Crippen molar-refractivity contribution in [3.8, 4) is 0 Å². The van der Waals surface area contributed by atoms with Crippen LogP contribution in [0.4, 0.5) is 0 Å². The molecule has 4 nitrogen and oxygen atoms in total. The number of carbonyl (C=O) groups is 1. The summed E-state index contributed by atoms with van der Waals surface area (Å²) >= 11 is 0. The third kappa shape index (κ3) is 2.80. The van der Waals surface area contributed by atoms with Gasteiger partial charge in [0.25, 0.3) is 10.1 Å². The van der Waals surface area contributed by atoms with E-state index in [2.05, 4.69) is 13.8 Å². The van der Waals surface area contributed by atoms with Crippen molar-refractivity contribution in [1.82, 2.24) is 0 Å². The molecule has 4 aliphatic carbocycles. The Kier molecular flexibility index (Phi) is 4.16. The fourth-order valence-corrected chi connectivity index (χ4v) is 7.99. The molecule has 0 heterocycles. The molecule has 0 aromatic heterocycles. The van der Waals surface area contributed by atoms with Crippen LogP contribution in [0.3, 0.4) is 0 Å². The highest BCUT2D eigenvalue weighted by atomic mass is 32.2. The summed E-state index contributed by atoms with van der Waals surface area (Å²) in [5.74, 6) is 3.05. The van der Waals surface area contributed by atoms with Crippen molar-refractivity contribution in [1.29, 1.82) is 0 Å². The molecule has 0 unspecified atom stereocenters. The zero-order valence-corrected chi connectivity index (χ0v) is 16.6. The lowest BCUT2D eigenvalue weighted by molar-refractivity contribution is -0.141. The van der Waals surface area contributed by atoms with Gasteiger partial charge in [-0.1, -0.05) is 13.8 Å². The first-order valence-electron chi connectivity index (χ1n) is 10.0. The minimum atomic E-state index is -3.37. The van der Waals surface area contributed by atoms with E-state index < -0.39 is 10.1 Å². The van der Waals surface area contributed by atoms with Crippen LogP contribution in [0.5, 0.6) is 0 Å². The molecule has 4 fully saturated rings. The second kappa shape index (κ2) is 5.79. The van der Waals surface area contributed by atoms with Crippen LogP contribution in [0.2, 0.25) is 0 Å². The van der Waals surface area contributed by atoms with E-state index >= 15 is 0 Å². The molecule has 5 heteroatoms. The van der Waals surface area contributed by atoms with Crippen LogP contribution in [-0.4, -0.2) is 26.6 Å². The maximum Gasteiger partial charge on any atom is 0.264 e. The summed E-state index contributed by atoms with van der Waals surface area (Å²) < 4.78 is 28.3. The van der Waals surface area contributed by atoms with E-state index in [0.717, 1.165) is 44.8 Å². The van der Waals surface area contributed by atoms with Gasteiger partial charge in [0.05, 0.1) is 12.4 Å². The zero-order chi connectivity index (χ0) is 18.0. The van der Waals surface area contributed by atoms with Crippen molar-refractivity contribution in [3.05, 3.63) is 0 Å². The van der Waals surface area contributed by atoms with Gasteiger partial charge in [0.1, 0.15) is 5.78 Å². The average molecular weight is 369 g/mol. The summed E-state index contributed by atoms with van der Waals surface area (Å²) in [6.45, 7) is 4.68. The molecule has 4 rings (SSSR count). The summed E-state index contributed by atoms with van der Waals surface area (Å²) in [6, 6.07) is 0. The third-order valence-corrected chi connectivity index (χ3v) is 9.26. The lowest BCUT2D eigenvalue weighted by Crippen LogP contribution is -2.54. The van der Waals surface area contributed by atoms with Crippen LogP contribution in [0.25, 0.3) is 0 Å². The molecule has 7 atom stereocenters. The summed E-state index contributed by atoms with van der Waals surface area (Å²) in [7, 11) is -3.37. The first-order valence-corrected chi connectivity index (χ1v) is 11.9. The van der Waals surface area contributed by atoms with Crippen molar-refractivity contribution in [3.63, 3.8) is 0 Å². The van der Waals surface area contributed by atoms with E-state index in [1.165, 1.54) is 19.3 Å². The molecule has 0 spiro atoms. The van der Waals surface area contributed by atoms with Crippen LogP contribution in [0.15, 0.2) is 0 Å². The monoisotopic (exact) mass is 368 g/mol. The summed E-state index contributed by atoms with van der Waals surface area (Å²) in [5.41, 5.74) is 0.244. The molecule has 0 bridgehead atoms. The maximum atomic E-state index is 12.5. The van der Waals surface area contributed by atoms with Gasteiger partial charge in [-0.15, -0.1) is 0 Å². The van der Waals surface area contributed by atoms with Gasteiger partial charge in [0.15, 0.2) is 0 Å². The molecule has 4 aliphatic rings. The van der Waals surface area contributed by atoms with Gasteiger partial charge in [0, 0.05) is 11.8 Å². The number of ketones is 1. The molecule has 0 aromatic carbocycles. The topological polar surface area (TPSA) is 60.4 Å². The van der Waals surface area contributed by atoms with Gasteiger partial charge in [0.2, 0.25) is 0 Å². The predicted octanol–water partition coefficient (Wildman–Crippen LogP) is 3.94. The van der Waals surface area contributed by atoms with Gasteiger partial charge in [-0.25, -0.2) is 0 Å². The Labute approximate surface area is 152 Å². The number of hydrogen-bond donors (Lipinski definition) is 0. The fraction of sp³-hybridized carbons (Fsp3) is 0.950. The molecule has 0 amide bonds.